The van der Waals surface area contributed by atoms with Gasteiger partial charge in [0.1, 0.15) is 5.82 Å². The van der Waals surface area contributed by atoms with E-state index >= 15 is 0 Å². The van der Waals surface area contributed by atoms with E-state index in [1.165, 1.54) is 6.07 Å². The molecule has 0 bridgehead atoms. The van der Waals surface area contributed by atoms with Crippen LogP contribution in [0.2, 0.25) is 0 Å². The van der Waals surface area contributed by atoms with Gasteiger partial charge in [-0.25, -0.2) is 4.39 Å². The summed E-state index contributed by atoms with van der Waals surface area (Å²) in [5, 5.41) is 0.435. The summed E-state index contributed by atoms with van der Waals surface area (Å²) in [4.78, 5) is 13.8. The van der Waals surface area contributed by atoms with Crippen LogP contribution >= 0.6 is 11.8 Å². The zero-order chi connectivity index (χ0) is 11.5. The Morgan fingerprint density at radius 3 is 2.94 bits per heavy atom. The van der Waals surface area contributed by atoms with E-state index < -0.39 is 5.82 Å². The smallest absolute Gasteiger partial charge is 0.256 e. The summed E-state index contributed by atoms with van der Waals surface area (Å²) in [6.45, 7) is 3.51. The van der Waals surface area contributed by atoms with Crippen LogP contribution in [0.3, 0.4) is 0 Å². The summed E-state index contributed by atoms with van der Waals surface area (Å²) < 4.78 is 13.4. The van der Waals surface area contributed by atoms with Crippen molar-refractivity contribution in [3.63, 3.8) is 0 Å². The lowest BCUT2D eigenvalue weighted by Crippen LogP contribution is -2.41. The van der Waals surface area contributed by atoms with Crippen molar-refractivity contribution in [2.75, 3.05) is 18.8 Å². The van der Waals surface area contributed by atoms with Crippen LogP contribution in [0.15, 0.2) is 24.3 Å². The lowest BCUT2D eigenvalue weighted by Gasteiger charge is -2.30. The van der Waals surface area contributed by atoms with E-state index in [1.54, 1.807) is 23.1 Å². The molecule has 0 aliphatic carbocycles. The van der Waals surface area contributed by atoms with Gasteiger partial charge >= 0.3 is 0 Å². The number of rotatable bonds is 1. The Morgan fingerprint density at radius 2 is 2.25 bits per heavy atom. The molecule has 1 aliphatic heterocycles. The Bertz CT molecular complexity index is 396. The molecule has 16 heavy (non-hydrogen) atoms. The first kappa shape index (κ1) is 11.5. The molecule has 86 valence electrons. The molecule has 1 saturated heterocycles. The van der Waals surface area contributed by atoms with Gasteiger partial charge in [0.15, 0.2) is 0 Å². The maximum absolute atomic E-state index is 13.4. The maximum Gasteiger partial charge on any atom is 0.256 e. The fourth-order valence-corrected chi connectivity index (χ4v) is 2.82. The standard InChI is InChI=1S/C12H14FNOS/c1-9-8-14(6-7-16-9)12(15)10-4-2-3-5-11(10)13/h2-5,9H,6-8H2,1H3. The van der Waals surface area contributed by atoms with Crippen molar-refractivity contribution in [1.82, 2.24) is 4.90 Å². The molecule has 0 N–H and O–H groups in total. The Kier molecular flexibility index (Phi) is 3.49. The number of halogens is 1. The van der Waals surface area contributed by atoms with Gasteiger partial charge in [0.2, 0.25) is 0 Å². The summed E-state index contributed by atoms with van der Waals surface area (Å²) in [5.74, 6) is 0.310. The van der Waals surface area contributed by atoms with Crippen molar-refractivity contribution < 1.29 is 9.18 Å². The van der Waals surface area contributed by atoms with Gasteiger partial charge in [0.05, 0.1) is 5.56 Å². The van der Waals surface area contributed by atoms with E-state index in [9.17, 15) is 9.18 Å². The van der Waals surface area contributed by atoms with Gasteiger partial charge in [-0.05, 0) is 12.1 Å². The van der Waals surface area contributed by atoms with Crippen LogP contribution in [-0.2, 0) is 0 Å². The third-order valence-electron chi connectivity index (χ3n) is 2.63. The van der Waals surface area contributed by atoms with E-state index in [1.807, 2.05) is 11.8 Å². The number of carbonyl (C=O) groups is 1. The molecule has 1 aromatic rings. The first-order valence-corrected chi connectivity index (χ1v) is 6.39. The van der Waals surface area contributed by atoms with Crippen LogP contribution in [0.25, 0.3) is 0 Å². The molecular weight excluding hydrogens is 225 g/mol. The summed E-state index contributed by atoms with van der Waals surface area (Å²) in [6.07, 6.45) is 0. The molecule has 2 nitrogen and oxygen atoms in total. The third-order valence-corrected chi connectivity index (χ3v) is 3.77. The Morgan fingerprint density at radius 1 is 1.50 bits per heavy atom. The van der Waals surface area contributed by atoms with Gasteiger partial charge < -0.3 is 4.90 Å². The quantitative estimate of drug-likeness (QED) is 0.750. The molecule has 1 aromatic carbocycles. The van der Waals surface area contributed by atoms with E-state index in [0.29, 0.717) is 18.3 Å². The van der Waals surface area contributed by atoms with Gasteiger partial charge in [0.25, 0.3) is 5.91 Å². The number of thioether (sulfide) groups is 1. The highest BCUT2D eigenvalue weighted by molar-refractivity contribution is 7.99. The summed E-state index contributed by atoms with van der Waals surface area (Å²) >= 11 is 1.85. The normalized spacial score (nSPS) is 20.9. The van der Waals surface area contributed by atoms with Crippen LogP contribution in [0.1, 0.15) is 17.3 Å². The van der Waals surface area contributed by atoms with Gasteiger partial charge in [-0.15, -0.1) is 0 Å². The molecular formula is C12H14FNOS. The second-order valence-corrected chi connectivity index (χ2v) is 5.46. The summed E-state index contributed by atoms with van der Waals surface area (Å²) in [7, 11) is 0. The number of amides is 1. The predicted octanol–water partition coefficient (Wildman–Crippen LogP) is 2.40. The molecule has 1 amide bonds. The van der Waals surface area contributed by atoms with Gasteiger partial charge in [0, 0.05) is 24.1 Å². The van der Waals surface area contributed by atoms with Crippen molar-refractivity contribution in [3.05, 3.63) is 35.6 Å². The monoisotopic (exact) mass is 239 g/mol. The third kappa shape index (κ3) is 2.38. The van der Waals surface area contributed by atoms with Crippen molar-refractivity contribution in [3.8, 4) is 0 Å². The Balaban J connectivity index is 2.16. The summed E-state index contributed by atoms with van der Waals surface area (Å²) in [5.41, 5.74) is 0.182. The maximum atomic E-state index is 13.4. The number of hydrogen-bond acceptors (Lipinski definition) is 2. The molecule has 4 heteroatoms. The average Bonchev–Trinajstić information content (AvgIpc) is 2.29. The zero-order valence-electron chi connectivity index (χ0n) is 9.15. The number of nitrogens with zero attached hydrogens (tertiary/aromatic N) is 1. The Labute approximate surface area is 98.8 Å². The first-order chi connectivity index (χ1) is 7.68. The molecule has 1 heterocycles. The molecule has 1 atom stereocenters. The van der Waals surface area contributed by atoms with E-state index in [-0.39, 0.29) is 11.5 Å². The lowest BCUT2D eigenvalue weighted by molar-refractivity contribution is 0.0758. The van der Waals surface area contributed by atoms with Crippen LogP contribution < -0.4 is 0 Å². The van der Waals surface area contributed by atoms with Gasteiger partial charge in [-0.3, -0.25) is 4.79 Å². The molecule has 0 saturated carbocycles. The highest BCUT2D eigenvalue weighted by Crippen LogP contribution is 2.20. The van der Waals surface area contributed by atoms with Crippen molar-refractivity contribution in [2.24, 2.45) is 0 Å². The molecule has 0 spiro atoms. The second-order valence-electron chi connectivity index (χ2n) is 3.91. The highest BCUT2D eigenvalue weighted by Gasteiger charge is 2.23. The SMILES string of the molecule is CC1CN(C(=O)c2ccccc2F)CCS1. The molecule has 2 rings (SSSR count). The van der Waals surface area contributed by atoms with Crippen molar-refractivity contribution in [2.45, 2.75) is 12.2 Å². The fourth-order valence-electron chi connectivity index (χ4n) is 1.81. The minimum Gasteiger partial charge on any atom is -0.337 e. The zero-order valence-corrected chi connectivity index (χ0v) is 9.97. The number of benzene rings is 1. The van der Waals surface area contributed by atoms with Crippen molar-refractivity contribution in [1.29, 1.82) is 0 Å². The largest absolute Gasteiger partial charge is 0.337 e. The fraction of sp³-hybridized carbons (Fsp3) is 0.417. The van der Waals surface area contributed by atoms with Crippen molar-refractivity contribution >= 4 is 17.7 Å². The molecule has 1 aliphatic rings. The van der Waals surface area contributed by atoms with Gasteiger partial charge in [-0.1, -0.05) is 19.1 Å². The van der Waals surface area contributed by atoms with E-state index in [0.717, 1.165) is 5.75 Å². The minimum atomic E-state index is -0.432. The van der Waals surface area contributed by atoms with Crippen LogP contribution in [0.5, 0.6) is 0 Å². The van der Waals surface area contributed by atoms with Crippen LogP contribution in [0.4, 0.5) is 4.39 Å². The predicted molar refractivity (Wildman–Crippen MR) is 64.2 cm³/mol. The van der Waals surface area contributed by atoms with Gasteiger partial charge in [-0.2, -0.15) is 11.8 Å². The van der Waals surface area contributed by atoms with Crippen LogP contribution in [0, 0.1) is 5.82 Å². The van der Waals surface area contributed by atoms with E-state index in [4.69, 9.17) is 0 Å². The average molecular weight is 239 g/mol. The lowest BCUT2D eigenvalue weighted by atomic mass is 10.2. The topological polar surface area (TPSA) is 20.3 Å². The number of carbonyl (C=O) groups excluding carboxylic acids is 1. The van der Waals surface area contributed by atoms with E-state index in [2.05, 4.69) is 6.92 Å². The highest BCUT2D eigenvalue weighted by atomic mass is 32.2. The number of hydrogen-bond donors (Lipinski definition) is 0. The minimum absolute atomic E-state index is 0.182. The first-order valence-electron chi connectivity index (χ1n) is 5.34. The van der Waals surface area contributed by atoms with Crippen LogP contribution in [-0.4, -0.2) is 34.9 Å². The molecule has 1 fully saturated rings. The second kappa shape index (κ2) is 4.87. The molecule has 0 radical (unpaired) electrons. The Hall–Kier alpha value is -1.03. The molecule has 0 aromatic heterocycles. The summed E-state index contributed by atoms with van der Waals surface area (Å²) in [6, 6.07) is 6.17. The molecule has 1 unspecified atom stereocenters.